The summed E-state index contributed by atoms with van der Waals surface area (Å²) >= 11 is 6.43. The van der Waals surface area contributed by atoms with E-state index < -0.39 is 45.6 Å². The first-order valence-corrected chi connectivity index (χ1v) is 12.7. The van der Waals surface area contributed by atoms with Crippen LogP contribution in [-0.2, 0) is 25.0 Å². The van der Waals surface area contributed by atoms with Crippen molar-refractivity contribution in [2.75, 3.05) is 0 Å². The van der Waals surface area contributed by atoms with Crippen LogP contribution in [0.5, 0.6) is 5.75 Å². The Hall–Kier alpha value is -4.15. The van der Waals surface area contributed by atoms with Gasteiger partial charge in [0.25, 0.3) is 11.1 Å². The van der Waals surface area contributed by atoms with E-state index >= 15 is 0 Å². The minimum atomic E-state index is -2.90. The first kappa shape index (κ1) is 24.9. The monoisotopic (exact) mass is 568 g/mol. The number of rotatable bonds is 5. The summed E-state index contributed by atoms with van der Waals surface area (Å²) in [5.41, 5.74) is -1.88. The standard InChI is InChI=1S/C29H25ClF2N4O4/c1-29(2,39)20-9-6-10-35(27(20)37)25-13-23-17(14-34-25)7-4-3-5-8-19-12-24(26(30)28(38)36(19)23)40-16-22-21(32)11-18(31)15-33-22/h3-4,6,9-15,39H,5,7-8,16H2,1-2H3/b4-3-/i16D2. The van der Waals surface area contributed by atoms with Crippen molar-refractivity contribution in [2.45, 2.75) is 45.3 Å². The van der Waals surface area contributed by atoms with E-state index in [1.54, 1.807) is 18.3 Å². The molecule has 40 heavy (non-hydrogen) atoms. The molecule has 0 amide bonds. The molecule has 11 heteroatoms. The highest BCUT2D eigenvalue weighted by molar-refractivity contribution is 6.31. The zero-order valence-corrected chi connectivity index (χ0v) is 22.2. The number of pyridine rings is 4. The third-order valence-electron chi connectivity index (χ3n) is 6.37. The first-order chi connectivity index (χ1) is 19.8. The molecule has 0 aliphatic carbocycles. The normalized spacial score (nSPS) is 15.1. The van der Waals surface area contributed by atoms with Crippen molar-refractivity contribution in [3.63, 3.8) is 0 Å². The van der Waals surface area contributed by atoms with Gasteiger partial charge in [0.1, 0.15) is 34.7 Å². The molecule has 0 radical (unpaired) electrons. The largest absolute Gasteiger partial charge is 0.485 e. The van der Waals surface area contributed by atoms with Gasteiger partial charge in [0.05, 0.1) is 20.2 Å². The predicted molar refractivity (Wildman–Crippen MR) is 145 cm³/mol. The number of aryl methyl sites for hydroxylation is 1. The summed E-state index contributed by atoms with van der Waals surface area (Å²) in [6, 6.07) is 6.54. The van der Waals surface area contributed by atoms with E-state index in [-0.39, 0.29) is 17.1 Å². The van der Waals surface area contributed by atoms with Gasteiger partial charge in [-0.15, -0.1) is 0 Å². The van der Waals surface area contributed by atoms with Crippen LogP contribution in [0.4, 0.5) is 8.78 Å². The highest BCUT2D eigenvalue weighted by atomic mass is 35.5. The zero-order valence-electron chi connectivity index (χ0n) is 23.5. The second-order valence-electron chi connectivity index (χ2n) is 9.68. The van der Waals surface area contributed by atoms with Gasteiger partial charge in [0.15, 0.2) is 5.82 Å². The van der Waals surface area contributed by atoms with Gasteiger partial charge in [0.2, 0.25) is 0 Å². The van der Waals surface area contributed by atoms with Crippen LogP contribution in [0.25, 0.3) is 11.5 Å². The van der Waals surface area contributed by atoms with Crippen molar-refractivity contribution in [3.8, 4) is 17.3 Å². The summed E-state index contributed by atoms with van der Waals surface area (Å²) in [5, 5.41) is 9.97. The fraction of sp³-hybridized carbons (Fsp3) is 0.241. The van der Waals surface area contributed by atoms with Crippen LogP contribution < -0.4 is 15.9 Å². The van der Waals surface area contributed by atoms with Crippen molar-refractivity contribution < 1.29 is 21.4 Å². The van der Waals surface area contributed by atoms with Gasteiger partial charge in [-0.25, -0.2) is 13.8 Å². The number of aromatic nitrogens is 4. The molecular formula is C29H25ClF2N4O4. The lowest BCUT2D eigenvalue weighted by atomic mass is 10.0. The Morgan fingerprint density at radius 2 is 1.95 bits per heavy atom. The number of ether oxygens (including phenoxy) is 1. The molecule has 5 heterocycles. The molecule has 0 spiro atoms. The van der Waals surface area contributed by atoms with E-state index in [0.29, 0.717) is 48.5 Å². The number of allylic oxidation sites excluding steroid dienone is 2. The molecule has 1 aliphatic rings. The summed E-state index contributed by atoms with van der Waals surface area (Å²) in [4.78, 5) is 34.9. The number of halogens is 3. The van der Waals surface area contributed by atoms with Crippen molar-refractivity contribution in [2.24, 2.45) is 0 Å². The molecule has 0 unspecified atom stereocenters. The van der Waals surface area contributed by atoms with Crippen molar-refractivity contribution in [1.82, 2.24) is 19.1 Å². The van der Waals surface area contributed by atoms with Gasteiger partial charge in [-0.05, 0) is 50.8 Å². The lowest BCUT2D eigenvalue weighted by Crippen LogP contribution is -2.31. The SMILES string of the molecule is [2H]C([2H])(Oc1cc2n(c(=O)c1Cl)-c1cc(-n3cccc(C(C)(C)O)c3=O)ncc1C/C=C\CC2)c1ncc(F)cc1F. The van der Waals surface area contributed by atoms with Crippen molar-refractivity contribution >= 4 is 11.6 Å². The summed E-state index contributed by atoms with van der Waals surface area (Å²) in [5.74, 6) is -2.41. The van der Waals surface area contributed by atoms with E-state index in [9.17, 15) is 23.5 Å². The van der Waals surface area contributed by atoms with E-state index in [2.05, 4.69) is 9.97 Å². The Morgan fingerprint density at radius 3 is 2.70 bits per heavy atom. The molecule has 4 aromatic heterocycles. The molecule has 4 aromatic rings. The number of fused-ring (bicyclic) bond motifs is 3. The van der Waals surface area contributed by atoms with Crippen molar-refractivity contribution in [1.29, 1.82) is 0 Å². The minimum Gasteiger partial charge on any atom is -0.485 e. The maximum atomic E-state index is 14.3. The molecule has 5 rings (SSSR count). The molecule has 0 atom stereocenters. The van der Waals surface area contributed by atoms with Gasteiger partial charge in [0, 0.05) is 41.9 Å². The summed E-state index contributed by atoms with van der Waals surface area (Å²) in [6.45, 7) is 0.101. The second kappa shape index (κ2) is 10.8. The average Bonchev–Trinajstić information content (AvgIpc) is 2.99. The van der Waals surface area contributed by atoms with Gasteiger partial charge < -0.3 is 9.84 Å². The fourth-order valence-electron chi connectivity index (χ4n) is 4.39. The Balaban J connectivity index is 1.66. The number of hydrogen-bond acceptors (Lipinski definition) is 6. The number of hydrogen-bond donors (Lipinski definition) is 1. The molecule has 8 nitrogen and oxygen atoms in total. The molecule has 0 fully saturated rings. The quantitative estimate of drug-likeness (QED) is 0.354. The molecule has 0 aromatic carbocycles. The van der Waals surface area contributed by atoms with Crippen LogP contribution in [0.2, 0.25) is 5.02 Å². The Kier molecular flexibility index (Phi) is 6.70. The highest BCUT2D eigenvalue weighted by Gasteiger charge is 2.23. The van der Waals surface area contributed by atoms with Gasteiger partial charge in [-0.1, -0.05) is 23.8 Å². The molecule has 206 valence electrons. The van der Waals surface area contributed by atoms with E-state index in [0.717, 1.165) is 0 Å². The van der Waals surface area contributed by atoms with Crippen LogP contribution in [0.1, 0.15) is 45.5 Å². The minimum absolute atomic E-state index is 0.155. The summed E-state index contributed by atoms with van der Waals surface area (Å²) in [7, 11) is 0. The second-order valence-corrected chi connectivity index (χ2v) is 10.1. The predicted octanol–water partition coefficient (Wildman–Crippen LogP) is 4.56. The van der Waals surface area contributed by atoms with E-state index in [1.807, 2.05) is 12.2 Å². The lowest BCUT2D eigenvalue weighted by molar-refractivity contribution is 0.0767. The van der Waals surface area contributed by atoms with Gasteiger partial charge in [-0.3, -0.25) is 23.7 Å². The average molecular weight is 569 g/mol. The number of aliphatic hydroxyl groups is 1. The maximum Gasteiger partial charge on any atom is 0.277 e. The summed E-state index contributed by atoms with van der Waals surface area (Å²) in [6.07, 6.45) is 8.78. The highest BCUT2D eigenvalue weighted by Crippen LogP contribution is 2.28. The Bertz CT molecular complexity index is 1850. The number of nitrogens with zero attached hydrogens (tertiary/aromatic N) is 4. The smallest absolute Gasteiger partial charge is 0.277 e. The fourth-order valence-corrected chi connectivity index (χ4v) is 4.57. The van der Waals surface area contributed by atoms with E-state index in [1.165, 1.54) is 41.3 Å². The third kappa shape index (κ3) is 5.32. The van der Waals surface area contributed by atoms with Crippen LogP contribution >= 0.6 is 11.6 Å². The Morgan fingerprint density at radius 1 is 1.15 bits per heavy atom. The van der Waals surface area contributed by atoms with E-state index in [4.69, 9.17) is 19.1 Å². The molecule has 1 N–H and O–H groups in total. The molecular weight excluding hydrogens is 542 g/mol. The maximum absolute atomic E-state index is 14.3. The van der Waals surface area contributed by atoms with Crippen LogP contribution in [0, 0.1) is 11.6 Å². The Labute approximate surface area is 235 Å². The molecule has 0 saturated carbocycles. The first-order valence-electron chi connectivity index (χ1n) is 13.3. The van der Waals surface area contributed by atoms with Gasteiger partial charge in [-0.2, -0.15) is 0 Å². The molecule has 0 saturated heterocycles. The van der Waals surface area contributed by atoms with Crippen LogP contribution in [-0.4, -0.2) is 24.2 Å². The topological polar surface area (TPSA) is 99.2 Å². The third-order valence-corrected chi connectivity index (χ3v) is 6.72. The van der Waals surface area contributed by atoms with Crippen molar-refractivity contribution in [3.05, 3.63) is 121 Å². The van der Waals surface area contributed by atoms with Gasteiger partial charge >= 0.3 is 0 Å². The zero-order chi connectivity index (χ0) is 30.4. The van der Waals surface area contributed by atoms with Crippen LogP contribution in [0.3, 0.4) is 0 Å². The molecule has 0 bridgehead atoms. The molecule has 1 aliphatic heterocycles. The van der Waals surface area contributed by atoms with Crippen LogP contribution in [0.15, 0.2) is 70.7 Å². The summed E-state index contributed by atoms with van der Waals surface area (Å²) < 4.78 is 52.2. The lowest BCUT2D eigenvalue weighted by Gasteiger charge is -2.20.